The maximum absolute atomic E-state index is 13.3. The SMILES string of the molecule is CCC.O=C(NC1c2ccccc2CC1O)C(CCc1ccccc1)CSCNSc1ccccc1. The van der Waals surface area contributed by atoms with Crippen molar-refractivity contribution in [2.45, 2.75) is 56.6 Å². The highest BCUT2D eigenvalue weighted by Gasteiger charge is 2.33. The number of benzene rings is 3. The number of nitrogens with one attached hydrogen (secondary N) is 2. The van der Waals surface area contributed by atoms with Crippen LogP contribution in [0.1, 0.15) is 49.4 Å². The Morgan fingerprint density at radius 1 is 0.972 bits per heavy atom. The summed E-state index contributed by atoms with van der Waals surface area (Å²) in [7, 11) is 0. The topological polar surface area (TPSA) is 61.4 Å². The van der Waals surface area contributed by atoms with Crippen LogP contribution in [0.4, 0.5) is 0 Å². The molecule has 0 saturated heterocycles. The predicted molar refractivity (Wildman–Crippen MR) is 154 cm³/mol. The van der Waals surface area contributed by atoms with E-state index >= 15 is 0 Å². The quantitative estimate of drug-likeness (QED) is 0.154. The molecule has 36 heavy (non-hydrogen) atoms. The fourth-order valence-corrected chi connectivity index (χ4v) is 5.89. The Hall–Kier alpha value is -2.25. The van der Waals surface area contributed by atoms with Crippen molar-refractivity contribution >= 4 is 29.6 Å². The molecule has 3 aromatic carbocycles. The molecule has 4 rings (SSSR count). The summed E-state index contributed by atoms with van der Waals surface area (Å²) in [5.41, 5.74) is 3.39. The van der Waals surface area contributed by atoms with Crippen LogP contribution < -0.4 is 10.0 Å². The second kappa shape index (κ2) is 15.8. The van der Waals surface area contributed by atoms with Crippen molar-refractivity contribution in [3.8, 4) is 0 Å². The third-order valence-corrected chi connectivity index (χ3v) is 7.88. The van der Waals surface area contributed by atoms with Crippen LogP contribution in [0.2, 0.25) is 0 Å². The van der Waals surface area contributed by atoms with Gasteiger partial charge in [-0.3, -0.25) is 4.79 Å². The molecule has 1 aliphatic carbocycles. The average molecular weight is 523 g/mol. The minimum atomic E-state index is -0.572. The minimum Gasteiger partial charge on any atom is -0.390 e. The number of aliphatic hydroxyl groups excluding tert-OH is 1. The van der Waals surface area contributed by atoms with Crippen LogP contribution in [0.25, 0.3) is 0 Å². The van der Waals surface area contributed by atoms with Crippen LogP contribution >= 0.6 is 23.7 Å². The van der Waals surface area contributed by atoms with Crippen LogP contribution in [-0.2, 0) is 17.6 Å². The Labute approximate surface area is 224 Å². The third kappa shape index (κ3) is 9.00. The molecule has 3 atom stereocenters. The largest absolute Gasteiger partial charge is 0.390 e. The molecule has 3 unspecified atom stereocenters. The molecule has 3 N–H and O–H groups in total. The Balaban J connectivity index is 0.00000115. The lowest BCUT2D eigenvalue weighted by Gasteiger charge is -2.23. The zero-order valence-electron chi connectivity index (χ0n) is 21.2. The summed E-state index contributed by atoms with van der Waals surface area (Å²) >= 11 is 3.34. The summed E-state index contributed by atoms with van der Waals surface area (Å²) in [6.07, 6.45) is 2.90. The molecule has 6 heteroatoms. The molecule has 0 radical (unpaired) electrons. The first-order valence-corrected chi connectivity index (χ1v) is 14.7. The molecule has 0 aromatic heterocycles. The first kappa shape index (κ1) is 28.3. The van der Waals surface area contributed by atoms with E-state index in [0.29, 0.717) is 6.42 Å². The number of aryl methyl sites for hydroxylation is 1. The molecule has 0 bridgehead atoms. The van der Waals surface area contributed by atoms with Crippen LogP contribution in [0, 0.1) is 5.92 Å². The van der Waals surface area contributed by atoms with E-state index in [9.17, 15) is 9.90 Å². The van der Waals surface area contributed by atoms with Gasteiger partial charge in [0.2, 0.25) is 5.91 Å². The third-order valence-electron chi connectivity index (χ3n) is 5.91. The van der Waals surface area contributed by atoms with Gasteiger partial charge in [0.1, 0.15) is 0 Å². The highest BCUT2D eigenvalue weighted by Crippen LogP contribution is 2.32. The standard InChI is InChI=1S/C27H30N2O2S2.C3H8/c30-25-17-21-11-7-8-14-24(21)26(25)29-27(31)22(16-15-20-9-3-1-4-10-20)18-32-19-28-33-23-12-5-2-6-13-23;1-3-2/h1-14,22,25-26,28,30H,15-19H2,(H,29,31);3H2,1-2H3. The lowest BCUT2D eigenvalue weighted by Crippen LogP contribution is -2.39. The van der Waals surface area contributed by atoms with Crippen molar-refractivity contribution in [3.63, 3.8) is 0 Å². The normalized spacial score (nSPS) is 17.0. The fourth-order valence-electron chi connectivity index (χ4n) is 4.14. The van der Waals surface area contributed by atoms with Crippen LogP contribution in [0.15, 0.2) is 89.8 Å². The van der Waals surface area contributed by atoms with Crippen LogP contribution in [-0.4, -0.2) is 28.7 Å². The van der Waals surface area contributed by atoms with Gasteiger partial charge in [0.25, 0.3) is 0 Å². The molecule has 1 aliphatic rings. The van der Waals surface area contributed by atoms with E-state index in [1.807, 2.05) is 60.7 Å². The second-order valence-corrected chi connectivity index (χ2v) is 11.0. The highest BCUT2D eigenvalue weighted by atomic mass is 32.2. The zero-order chi connectivity index (χ0) is 25.6. The molecule has 0 heterocycles. The summed E-state index contributed by atoms with van der Waals surface area (Å²) in [4.78, 5) is 14.5. The van der Waals surface area contributed by atoms with E-state index in [1.54, 1.807) is 23.7 Å². The van der Waals surface area contributed by atoms with Gasteiger partial charge < -0.3 is 10.4 Å². The van der Waals surface area contributed by atoms with Gasteiger partial charge in [-0.15, -0.1) is 11.8 Å². The molecule has 0 saturated carbocycles. The maximum atomic E-state index is 13.3. The van der Waals surface area contributed by atoms with Gasteiger partial charge in [-0.1, -0.05) is 93.1 Å². The van der Waals surface area contributed by atoms with Crippen molar-refractivity contribution in [2.75, 3.05) is 11.6 Å². The summed E-state index contributed by atoms with van der Waals surface area (Å²) in [5, 5.41) is 13.7. The predicted octanol–water partition coefficient (Wildman–Crippen LogP) is 6.41. The summed E-state index contributed by atoms with van der Waals surface area (Å²) in [6, 6.07) is 28.2. The minimum absolute atomic E-state index is 0.0231. The first-order valence-electron chi connectivity index (χ1n) is 12.7. The van der Waals surface area contributed by atoms with Crippen molar-refractivity contribution in [2.24, 2.45) is 5.92 Å². The molecule has 4 nitrogen and oxygen atoms in total. The molecule has 0 aliphatic heterocycles. The Morgan fingerprint density at radius 3 is 2.33 bits per heavy atom. The summed E-state index contributed by atoms with van der Waals surface area (Å²) in [5.74, 6) is 1.38. The van der Waals surface area contributed by atoms with Crippen LogP contribution in [0.3, 0.4) is 0 Å². The summed E-state index contributed by atoms with van der Waals surface area (Å²) in [6.45, 7) is 4.25. The first-order chi connectivity index (χ1) is 17.6. The van der Waals surface area contributed by atoms with E-state index in [-0.39, 0.29) is 17.9 Å². The number of aliphatic hydroxyl groups is 1. The van der Waals surface area contributed by atoms with E-state index in [2.05, 4.69) is 48.2 Å². The van der Waals surface area contributed by atoms with Gasteiger partial charge in [0.05, 0.1) is 18.0 Å². The molecular formula is C30H38N2O2S2. The summed E-state index contributed by atoms with van der Waals surface area (Å²) < 4.78 is 3.37. The van der Waals surface area contributed by atoms with Crippen LogP contribution in [0.5, 0.6) is 0 Å². The van der Waals surface area contributed by atoms with Gasteiger partial charge in [-0.2, -0.15) is 0 Å². The van der Waals surface area contributed by atoms with E-state index in [0.717, 1.165) is 35.6 Å². The van der Waals surface area contributed by atoms with Crippen molar-refractivity contribution < 1.29 is 9.90 Å². The number of fused-ring (bicyclic) bond motifs is 1. The molecule has 3 aromatic rings. The molecule has 0 spiro atoms. The number of carbonyl (C=O) groups excluding carboxylic acids is 1. The fraction of sp³-hybridized carbons (Fsp3) is 0.367. The van der Waals surface area contributed by atoms with Gasteiger partial charge in [-0.05, 0) is 53.6 Å². The molecular weight excluding hydrogens is 484 g/mol. The Bertz CT molecular complexity index is 1030. The average Bonchev–Trinajstić information content (AvgIpc) is 3.22. The lowest BCUT2D eigenvalue weighted by atomic mass is 9.99. The van der Waals surface area contributed by atoms with Gasteiger partial charge >= 0.3 is 0 Å². The number of carbonyl (C=O) groups is 1. The molecule has 0 fully saturated rings. The van der Waals surface area contributed by atoms with Gasteiger partial charge in [0.15, 0.2) is 0 Å². The monoisotopic (exact) mass is 522 g/mol. The number of hydrogen-bond acceptors (Lipinski definition) is 5. The number of hydrogen-bond donors (Lipinski definition) is 3. The van der Waals surface area contributed by atoms with Gasteiger partial charge in [0, 0.05) is 23.0 Å². The smallest absolute Gasteiger partial charge is 0.224 e. The zero-order valence-corrected chi connectivity index (χ0v) is 22.9. The number of thioether (sulfide) groups is 1. The van der Waals surface area contributed by atoms with Gasteiger partial charge in [-0.25, -0.2) is 4.72 Å². The van der Waals surface area contributed by atoms with Crippen molar-refractivity contribution in [1.29, 1.82) is 0 Å². The Kier molecular flexibility index (Phi) is 12.4. The van der Waals surface area contributed by atoms with E-state index in [4.69, 9.17) is 0 Å². The number of rotatable bonds is 11. The number of amides is 1. The lowest BCUT2D eigenvalue weighted by molar-refractivity contribution is -0.126. The molecule has 192 valence electrons. The second-order valence-electron chi connectivity index (χ2n) is 8.96. The van der Waals surface area contributed by atoms with Crippen molar-refractivity contribution in [3.05, 3.63) is 102 Å². The Morgan fingerprint density at radius 2 is 1.61 bits per heavy atom. The van der Waals surface area contributed by atoms with E-state index < -0.39 is 6.10 Å². The van der Waals surface area contributed by atoms with Crippen molar-refractivity contribution in [1.82, 2.24) is 10.0 Å². The maximum Gasteiger partial charge on any atom is 0.224 e. The molecule has 1 amide bonds. The van der Waals surface area contributed by atoms with E-state index in [1.165, 1.54) is 16.9 Å². The highest BCUT2D eigenvalue weighted by molar-refractivity contribution is 8.01.